The summed E-state index contributed by atoms with van der Waals surface area (Å²) in [5.41, 5.74) is 4.94. The Balaban J connectivity index is 1.25. The van der Waals surface area contributed by atoms with E-state index in [9.17, 15) is 0 Å². The second-order valence-electron chi connectivity index (χ2n) is 7.56. The monoisotopic (exact) mass is 418 g/mol. The van der Waals surface area contributed by atoms with Crippen molar-refractivity contribution in [2.24, 2.45) is 7.05 Å². The van der Waals surface area contributed by atoms with E-state index in [-0.39, 0.29) is 0 Å². The number of rotatable bonds is 6. The fraction of sp³-hybridized carbons (Fsp3) is 0.261. The largest absolute Gasteiger partial charge is 0.309 e. The second kappa shape index (κ2) is 7.76. The average molecular weight is 419 g/mol. The molecule has 0 radical (unpaired) electrons. The molecule has 0 amide bonds. The molecule has 2 aromatic heterocycles. The molecule has 0 spiro atoms. The third-order valence-electron chi connectivity index (χ3n) is 5.38. The van der Waals surface area contributed by atoms with Crippen molar-refractivity contribution < 1.29 is 0 Å². The number of aryl methyl sites for hydroxylation is 1. The molecule has 4 aromatic rings. The molecule has 2 atom stereocenters. The lowest BCUT2D eigenvalue weighted by molar-refractivity contribution is 0.730. The van der Waals surface area contributed by atoms with E-state index in [1.807, 2.05) is 0 Å². The van der Waals surface area contributed by atoms with Gasteiger partial charge in [-0.05, 0) is 30.9 Å². The molecule has 0 saturated heterocycles. The van der Waals surface area contributed by atoms with Gasteiger partial charge in [-0.3, -0.25) is 0 Å². The molecule has 2 heterocycles. The minimum Gasteiger partial charge on any atom is -0.309 e. The van der Waals surface area contributed by atoms with Crippen molar-refractivity contribution >= 4 is 23.1 Å². The van der Waals surface area contributed by atoms with Gasteiger partial charge in [-0.1, -0.05) is 65.9 Å². The highest BCUT2D eigenvalue weighted by molar-refractivity contribution is 7.98. The van der Waals surface area contributed by atoms with Crippen molar-refractivity contribution in [1.82, 2.24) is 19.7 Å². The Hall–Kier alpha value is -2.44. The SMILES string of the molecule is Cc1cccc(-c2nc(CSc3nnc(C4CC4c4ccccc4)n3C)cs2)c1. The third-order valence-corrected chi connectivity index (χ3v) is 7.38. The van der Waals surface area contributed by atoms with Gasteiger partial charge in [-0.2, -0.15) is 0 Å². The van der Waals surface area contributed by atoms with Crippen LogP contribution >= 0.6 is 23.1 Å². The first-order valence-electron chi connectivity index (χ1n) is 9.77. The summed E-state index contributed by atoms with van der Waals surface area (Å²) in [4.78, 5) is 4.81. The normalized spacial score (nSPS) is 18.1. The lowest BCUT2D eigenvalue weighted by Gasteiger charge is -2.03. The maximum absolute atomic E-state index is 4.81. The lowest BCUT2D eigenvalue weighted by Crippen LogP contribution is -1.98. The van der Waals surface area contributed by atoms with Gasteiger partial charge in [0.2, 0.25) is 0 Å². The van der Waals surface area contributed by atoms with Gasteiger partial charge < -0.3 is 4.57 Å². The van der Waals surface area contributed by atoms with Gasteiger partial charge in [0, 0.05) is 29.7 Å². The highest BCUT2D eigenvalue weighted by Gasteiger charge is 2.42. The Morgan fingerprint density at radius 3 is 2.76 bits per heavy atom. The van der Waals surface area contributed by atoms with Crippen LogP contribution in [0.3, 0.4) is 0 Å². The second-order valence-corrected chi connectivity index (χ2v) is 9.36. The molecule has 1 saturated carbocycles. The van der Waals surface area contributed by atoms with Crippen molar-refractivity contribution in [3.63, 3.8) is 0 Å². The topological polar surface area (TPSA) is 43.6 Å². The smallest absolute Gasteiger partial charge is 0.191 e. The number of thiazole rings is 1. The number of benzene rings is 2. The molecule has 6 heteroatoms. The van der Waals surface area contributed by atoms with Crippen LogP contribution in [-0.4, -0.2) is 19.7 Å². The van der Waals surface area contributed by atoms with Crippen LogP contribution < -0.4 is 0 Å². The zero-order valence-corrected chi connectivity index (χ0v) is 18.1. The summed E-state index contributed by atoms with van der Waals surface area (Å²) < 4.78 is 2.16. The minimum absolute atomic E-state index is 0.483. The maximum Gasteiger partial charge on any atom is 0.191 e. The molecule has 2 unspecified atom stereocenters. The summed E-state index contributed by atoms with van der Waals surface area (Å²) >= 11 is 3.41. The molecule has 1 aliphatic carbocycles. The quantitative estimate of drug-likeness (QED) is 0.371. The molecule has 1 fully saturated rings. The molecule has 5 rings (SSSR count). The van der Waals surface area contributed by atoms with E-state index >= 15 is 0 Å². The van der Waals surface area contributed by atoms with E-state index in [2.05, 4.69) is 88.7 Å². The fourth-order valence-electron chi connectivity index (χ4n) is 3.75. The fourth-order valence-corrected chi connectivity index (χ4v) is 5.48. The Kier molecular flexibility index (Phi) is 4.97. The van der Waals surface area contributed by atoms with E-state index < -0.39 is 0 Å². The first kappa shape index (κ1) is 18.6. The molecule has 0 aliphatic heterocycles. The number of aromatic nitrogens is 4. The Morgan fingerprint density at radius 1 is 1.07 bits per heavy atom. The Morgan fingerprint density at radius 2 is 1.93 bits per heavy atom. The van der Waals surface area contributed by atoms with Crippen LogP contribution in [-0.2, 0) is 12.8 Å². The molecular formula is C23H22N4S2. The number of hydrogen-bond acceptors (Lipinski definition) is 5. The average Bonchev–Trinajstić information content (AvgIpc) is 3.23. The van der Waals surface area contributed by atoms with Crippen molar-refractivity contribution in [1.29, 1.82) is 0 Å². The highest BCUT2D eigenvalue weighted by Crippen LogP contribution is 2.54. The van der Waals surface area contributed by atoms with Gasteiger partial charge >= 0.3 is 0 Å². The van der Waals surface area contributed by atoms with Crippen LogP contribution in [0.25, 0.3) is 10.6 Å². The molecular weight excluding hydrogens is 396 g/mol. The van der Waals surface area contributed by atoms with Gasteiger partial charge in [0.25, 0.3) is 0 Å². The molecule has 0 N–H and O–H groups in total. The first-order valence-corrected chi connectivity index (χ1v) is 11.6. The zero-order valence-electron chi connectivity index (χ0n) is 16.4. The first-order chi connectivity index (χ1) is 14.2. The molecule has 29 heavy (non-hydrogen) atoms. The van der Waals surface area contributed by atoms with Crippen molar-refractivity contribution in [2.45, 2.75) is 36.1 Å². The predicted molar refractivity (Wildman–Crippen MR) is 119 cm³/mol. The summed E-state index contributed by atoms with van der Waals surface area (Å²) in [6, 6.07) is 19.2. The van der Waals surface area contributed by atoms with Crippen LogP contribution in [0.1, 0.15) is 40.9 Å². The summed E-state index contributed by atoms with van der Waals surface area (Å²) in [5, 5.41) is 13.1. The minimum atomic E-state index is 0.483. The van der Waals surface area contributed by atoms with E-state index in [1.165, 1.54) is 16.7 Å². The van der Waals surface area contributed by atoms with Crippen LogP contribution in [0.15, 0.2) is 65.1 Å². The Bertz CT molecular complexity index is 1130. The van der Waals surface area contributed by atoms with Crippen molar-refractivity contribution in [3.05, 3.63) is 82.6 Å². The molecule has 4 nitrogen and oxygen atoms in total. The number of thioether (sulfide) groups is 1. The standard InChI is InChI=1S/C23H22N4S2/c1-15-7-6-10-17(11-15)22-24-18(13-28-22)14-29-23-26-25-21(27(23)2)20-12-19(20)16-8-4-3-5-9-16/h3-11,13,19-20H,12,14H2,1-2H3. The van der Waals surface area contributed by atoms with E-state index in [0.717, 1.165) is 33.9 Å². The van der Waals surface area contributed by atoms with Crippen LogP contribution in [0, 0.1) is 6.92 Å². The van der Waals surface area contributed by atoms with Gasteiger partial charge in [0.15, 0.2) is 5.16 Å². The van der Waals surface area contributed by atoms with Crippen LogP contribution in [0.5, 0.6) is 0 Å². The van der Waals surface area contributed by atoms with E-state index in [4.69, 9.17) is 4.98 Å². The maximum atomic E-state index is 4.81. The predicted octanol–water partition coefficient (Wildman–Crippen LogP) is 5.81. The Labute approximate surface area is 179 Å². The molecule has 1 aliphatic rings. The van der Waals surface area contributed by atoms with Gasteiger partial charge in [0.05, 0.1) is 5.69 Å². The summed E-state index contributed by atoms with van der Waals surface area (Å²) in [6.07, 6.45) is 1.16. The van der Waals surface area contributed by atoms with Gasteiger partial charge in [0.1, 0.15) is 10.8 Å². The van der Waals surface area contributed by atoms with Gasteiger partial charge in [-0.15, -0.1) is 21.5 Å². The molecule has 146 valence electrons. The van der Waals surface area contributed by atoms with Gasteiger partial charge in [-0.25, -0.2) is 4.98 Å². The highest BCUT2D eigenvalue weighted by atomic mass is 32.2. The number of hydrogen-bond donors (Lipinski definition) is 0. The summed E-state index contributed by atoms with van der Waals surface area (Å²) in [7, 11) is 2.08. The summed E-state index contributed by atoms with van der Waals surface area (Å²) in [5.74, 6) is 2.96. The van der Waals surface area contributed by atoms with Crippen LogP contribution in [0.2, 0.25) is 0 Å². The lowest BCUT2D eigenvalue weighted by atomic mass is 10.1. The number of nitrogens with zero attached hydrogens (tertiary/aromatic N) is 4. The van der Waals surface area contributed by atoms with Crippen molar-refractivity contribution in [2.75, 3.05) is 0 Å². The van der Waals surface area contributed by atoms with E-state index in [1.54, 1.807) is 23.1 Å². The summed E-state index contributed by atoms with van der Waals surface area (Å²) in [6.45, 7) is 2.11. The van der Waals surface area contributed by atoms with Crippen molar-refractivity contribution in [3.8, 4) is 10.6 Å². The van der Waals surface area contributed by atoms with E-state index in [0.29, 0.717) is 11.8 Å². The zero-order chi connectivity index (χ0) is 19.8. The molecule has 2 aromatic carbocycles. The third kappa shape index (κ3) is 3.87. The van der Waals surface area contributed by atoms with Crippen LogP contribution in [0.4, 0.5) is 0 Å². The molecule has 0 bridgehead atoms.